The number of ether oxygens (including phenoxy) is 3. The molecule has 2 rings (SSSR count). The van der Waals surface area contributed by atoms with Crippen LogP contribution < -0.4 is 4.74 Å². The SMILES string of the molecule is COCCOC(=O)c1ccc(OC(=O)c2ccccc2F)cc1. The maximum Gasteiger partial charge on any atom is 0.346 e. The van der Waals surface area contributed by atoms with E-state index in [0.717, 1.165) is 0 Å². The maximum absolute atomic E-state index is 13.5. The lowest BCUT2D eigenvalue weighted by Gasteiger charge is -2.07. The first-order valence-corrected chi connectivity index (χ1v) is 6.84. The van der Waals surface area contributed by atoms with E-state index in [1.807, 2.05) is 0 Å². The van der Waals surface area contributed by atoms with Gasteiger partial charge in [-0.25, -0.2) is 14.0 Å². The normalized spacial score (nSPS) is 10.2. The van der Waals surface area contributed by atoms with E-state index in [9.17, 15) is 14.0 Å². The van der Waals surface area contributed by atoms with Crippen LogP contribution in [0.5, 0.6) is 5.75 Å². The van der Waals surface area contributed by atoms with Crippen molar-refractivity contribution in [3.8, 4) is 5.75 Å². The fourth-order valence-electron chi connectivity index (χ4n) is 1.75. The van der Waals surface area contributed by atoms with Crippen molar-refractivity contribution in [2.45, 2.75) is 0 Å². The minimum atomic E-state index is -0.807. The number of carbonyl (C=O) groups excluding carboxylic acids is 2. The van der Waals surface area contributed by atoms with Crippen LogP contribution in [0.4, 0.5) is 4.39 Å². The van der Waals surface area contributed by atoms with Gasteiger partial charge in [-0.1, -0.05) is 12.1 Å². The van der Waals surface area contributed by atoms with E-state index in [0.29, 0.717) is 12.2 Å². The first-order chi connectivity index (χ1) is 11.1. The third-order valence-electron chi connectivity index (χ3n) is 2.91. The van der Waals surface area contributed by atoms with Gasteiger partial charge in [0.25, 0.3) is 0 Å². The van der Waals surface area contributed by atoms with Gasteiger partial charge in [0, 0.05) is 7.11 Å². The molecule has 2 aromatic rings. The summed E-state index contributed by atoms with van der Waals surface area (Å²) in [6, 6.07) is 11.3. The third kappa shape index (κ3) is 4.62. The minimum absolute atomic E-state index is 0.152. The summed E-state index contributed by atoms with van der Waals surface area (Å²) in [5.74, 6) is -1.77. The zero-order chi connectivity index (χ0) is 16.7. The molecule has 0 saturated carbocycles. The molecule has 0 radical (unpaired) electrons. The first-order valence-electron chi connectivity index (χ1n) is 6.84. The molecule has 6 heteroatoms. The highest BCUT2D eigenvalue weighted by molar-refractivity contribution is 5.92. The molecule has 0 unspecified atom stereocenters. The Morgan fingerprint density at radius 3 is 2.30 bits per heavy atom. The van der Waals surface area contributed by atoms with Gasteiger partial charge in [0.2, 0.25) is 0 Å². The van der Waals surface area contributed by atoms with Gasteiger partial charge >= 0.3 is 11.9 Å². The molecule has 0 aliphatic heterocycles. The summed E-state index contributed by atoms with van der Waals surface area (Å²) in [5.41, 5.74) is 0.155. The van der Waals surface area contributed by atoms with Gasteiger partial charge in [-0.3, -0.25) is 0 Å². The van der Waals surface area contributed by atoms with Crippen molar-refractivity contribution in [3.63, 3.8) is 0 Å². The van der Waals surface area contributed by atoms with E-state index in [1.54, 1.807) is 6.07 Å². The molecule has 0 fully saturated rings. The Morgan fingerprint density at radius 1 is 0.957 bits per heavy atom. The Morgan fingerprint density at radius 2 is 1.65 bits per heavy atom. The number of carbonyl (C=O) groups is 2. The van der Waals surface area contributed by atoms with Crippen LogP contribution in [0.15, 0.2) is 48.5 Å². The third-order valence-corrected chi connectivity index (χ3v) is 2.91. The lowest BCUT2D eigenvalue weighted by Crippen LogP contribution is -2.11. The van der Waals surface area contributed by atoms with Gasteiger partial charge in [-0.15, -0.1) is 0 Å². The molecular weight excluding hydrogens is 303 g/mol. The molecule has 0 N–H and O–H groups in total. The highest BCUT2D eigenvalue weighted by atomic mass is 19.1. The molecule has 0 aliphatic rings. The van der Waals surface area contributed by atoms with Gasteiger partial charge in [-0.05, 0) is 36.4 Å². The largest absolute Gasteiger partial charge is 0.460 e. The molecule has 120 valence electrons. The predicted octanol–water partition coefficient (Wildman–Crippen LogP) is 2.85. The van der Waals surface area contributed by atoms with Crippen molar-refractivity contribution in [2.24, 2.45) is 0 Å². The van der Waals surface area contributed by atoms with Gasteiger partial charge in [-0.2, -0.15) is 0 Å². The van der Waals surface area contributed by atoms with Gasteiger partial charge in [0.1, 0.15) is 18.2 Å². The second-order valence-corrected chi connectivity index (χ2v) is 4.52. The monoisotopic (exact) mass is 318 g/mol. The summed E-state index contributed by atoms with van der Waals surface area (Å²) in [6.45, 7) is 0.462. The molecule has 0 bridgehead atoms. The van der Waals surface area contributed by atoms with E-state index in [2.05, 4.69) is 0 Å². The molecule has 0 spiro atoms. The quantitative estimate of drug-likeness (QED) is 0.465. The van der Waals surface area contributed by atoms with E-state index >= 15 is 0 Å². The van der Waals surface area contributed by atoms with Crippen molar-refractivity contribution in [1.82, 2.24) is 0 Å². The summed E-state index contributed by atoms with van der Waals surface area (Å²) in [5, 5.41) is 0. The van der Waals surface area contributed by atoms with Crippen molar-refractivity contribution in [1.29, 1.82) is 0 Å². The van der Waals surface area contributed by atoms with E-state index in [1.165, 1.54) is 49.6 Å². The van der Waals surface area contributed by atoms with Crippen LogP contribution in [0.1, 0.15) is 20.7 Å². The standard InChI is InChI=1S/C17H15FO5/c1-21-10-11-22-16(19)12-6-8-13(9-7-12)23-17(20)14-4-2-3-5-15(14)18/h2-9H,10-11H2,1H3. The lowest BCUT2D eigenvalue weighted by molar-refractivity contribution is 0.0388. The zero-order valence-corrected chi connectivity index (χ0v) is 12.5. The number of methoxy groups -OCH3 is 1. The molecule has 5 nitrogen and oxygen atoms in total. The highest BCUT2D eigenvalue weighted by Crippen LogP contribution is 2.16. The topological polar surface area (TPSA) is 61.8 Å². The summed E-state index contributed by atoms with van der Waals surface area (Å²) >= 11 is 0. The van der Waals surface area contributed by atoms with Crippen molar-refractivity contribution < 1.29 is 28.2 Å². The molecule has 0 atom stereocenters. The van der Waals surface area contributed by atoms with Crippen molar-refractivity contribution in [2.75, 3.05) is 20.3 Å². The maximum atomic E-state index is 13.5. The van der Waals surface area contributed by atoms with Crippen LogP contribution in [-0.2, 0) is 9.47 Å². The number of benzene rings is 2. The molecule has 0 heterocycles. The second kappa shape index (κ2) is 8.05. The first kappa shape index (κ1) is 16.6. The van der Waals surface area contributed by atoms with Crippen molar-refractivity contribution in [3.05, 3.63) is 65.5 Å². The van der Waals surface area contributed by atoms with Crippen molar-refractivity contribution >= 4 is 11.9 Å². The average Bonchev–Trinajstić information content (AvgIpc) is 2.56. The zero-order valence-electron chi connectivity index (χ0n) is 12.5. The van der Waals surface area contributed by atoms with Crippen LogP contribution in [0, 0.1) is 5.82 Å². The fourth-order valence-corrected chi connectivity index (χ4v) is 1.75. The Kier molecular flexibility index (Phi) is 5.82. The molecular formula is C17H15FO5. The van der Waals surface area contributed by atoms with Crippen LogP contribution in [-0.4, -0.2) is 32.3 Å². The molecule has 0 aliphatic carbocycles. The van der Waals surface area contributed by atoms with E-state index in [4.69, 9.17) is 14.2 Å². The summed E-state index contributed by atoms with van der Waals surface area (Å²) in [6.07, 6.45) is 0. The summed E-state index contributed by atoms with van der Waals surface area (Å²) in [4.78, 5) is 23.5. The van der Waals surface area contributed by atoms with Gasteiger partial charge in [0.05, 0.1) is 17.7 Å². The average molecular weight is 318 g/mol. The number of hydrogen-bond donors (Lipinski definition) is 0. The molecule has 0 saturated heterocycles. The highest BCUT2D eigenvalue weighted by Gasteiger charge is 2.14. The lowest BCUT2D eigenvalue weighted by atomic mass is 10.2. The van der Waals surface area contributed by atoms with Crippen LogP contribution in [0.2, 0.25) is 0 Å². The van der Waals surface area contributed by atoms with Gasteiger partial charge in [0.15, 0.2) is 0 Å². The Labute approximate surface area is 132 Å². The Hall–Kier alpha value is -2.73. The van der Waals surface area contributed by atoms with E-state index < -0.39 is 17.8 Å². The van der Waals surface area contributed by atoms with Crippen LogP contribution in [0.3, 0.4) is 0 Å². The van der Waals surface area contributed by atoms with Crippen LogP contribution in [0.25, 0.3) is 0 Å². The molecule has 23 heavy (non-hydrogen) atoms. The summed E-state index contributed by atoms with van der Waals surface area (Å²) in [7, 11) is 1.51. The predicted molar refractivity (Wildman–Crippen MR) is 80.0 cm³/mol. The smallest absolute Gasteiger partial charge is 0.346 e. The number of hydrogen-bond acceptors (Lipinski definition) is 5. The van der Waals surface area contributed by atoms with Crippen LogP contribution >= 0.6 is 0 Å². The summed E-state index contributed by atoms with van der Waals surface area (Å²) < 4.78 is 28.3. The second-order valence-electron chi connectivity index (χ2n) is 4.52. The Balaban J connectivity index is 1.99. The fraction of sp³-hybridized carbons (Fsp3) is 0.176. The van der Waals surface area contributed by atoms with E-state index in [-0.39, 0.29) is 17.9 Å². The minimum Gasteiger partial charge on any atom is -0.460 e. The Bertz CT molecular complexity index is 682. The molecule has 0 amide bonds. The molecule has 2 aromatic carbocycles. The number of esters is 2. The number of halogens is 1. The number of rotatable bonds is 6. The van der Waals surface area contributed by atoms with Gasteiger partial charge < -0.3 is 14.2 Å². The molecule has 0 aromatic heterocycles.